The van der Waals surface area contributed by atoms with E-state index < -0.39 is 60.2 Å². The van der Waals surface area contributed by atoms with Crippen molar-refractivity contribution in [2.24, 2.45) is 0 Å². The van der Waals surface area contributed by atoms with Crippen LogP contribution in [0.5, 0.6) is 0 Å². The molecule has 14 heteroatoms. The van der Waals surface area contributed by atoms with Crippen LogP contribution in [-0.4, -0.2) is 118 Å². The smallest absolute Gasteiger partial charge is 0.430 e. The number of aliphatic hydroxyl groups is 1. The minimum atomic E-state index is -0.837. The number of aliphatic hydroxyl groups excluding tert-OH is 1. The summed E-state index contributed by atoms with van der Waals surface area (Å²) < 4.78 is 53.5. The molecule has 230 valence electrons. The number of rotatable bonds is 19. The Hall–Kier alpha value is -2.39. The van der Waals surface area contributed by atoms with Gasteiger partial charge in [0.05, 0.1) is 50.3 Å². The van der Waals surface area contributed by atoms with Crippen LogP contribution in [0.15, 0.2) is 0 Å². The average Bonchev–Trinajstić information content (AvgIpc) is 3.65. The molecular formula is C26H42O14. The lowest BCUT2D eigenvalue weighted by Gasteiger charge is -2.33. The molecule has 0 saturated carbocycles. The number of ether oxygens (including phenoxy) is 10. The molecule has 0 aliphatic carbocycles. The van der Waals surface area contributed by atoms with Crippen molar-refractivity contribution in [2.45, 2.75) is 95.1 Å². The average molecular weight is 579 g/mol. The highest BCUT2D eigenvalue weighted by Gasteiger charge is 2.36. The number of carbonyl (C=O) groups is 3. The molecule has 0 aromatic carbocycles. The maximum Gasteiger partial charge on any atom is 0.508 e. The summed E-state index contributed by atoms with van der Waals surface area (Å²) in [5.41, 5.74) is -1.29. The van der Waals surface area contributed by atoms with Crippen LogP contribution < -0.4 is 0 Å². The van der Waals surface area contributed by atoms with Crippen molar-refractivity contribution in [2.75, 3.05) is 52.9 Å². The van der Waals surface area contributed by atoms with Gasteiger partial charge in [-0.15, -0.1) is 0 Å². The summed E-state index contributed by atoms with van der Waals surface area (Å²) in [5.74, 6) is 0. The Bertz CT molecular complexity index is 838. The normalized spacial score (nSPS) is 26.9. The zero-order valence-corrected chi connectivity index (χ0v) is 23.6. The van der Waals surface area contributed by atoms with Crippen molar-refractivity contribution in [1.29, 1.82) is 0 Å². The van der Waals surface area contributed by atoms with Gasteiger partial charge in [0.15, 0.2) is 12.2 Å². The summed E-state index contributed by atoms with van der Waals surface area (Å²) in [5, 5.41) is 10.7. The Morgan fingerprint density at radius 3 is 1.85 bits per heavy atom. The van der Waals surface area contributed by atoms with Crippen molar-refractivity contribution in [3.63, 3.8) is 0 Å². The molecule has 3 rings (SSSR count). The molecule has 0 aromatic heterocycles. The Balaban J connectivity index is 1.47. The minimum absolute atomic E-state index is 0.0161. The van der Waals surface area contributed by atoms with Gasteiger partial charge < -0.3 is 52.5 Å². The van der Waals surface area contributed by atoms with Crippen molar-refractivity contribution in [3.8, 4) is 0 Å². The van der Waals surface area contributed by atoms with Gasteiger partial charge in [0.2, 0.25) is 0 Å². The second-order valence-corrected chi connectivity index (χ2v) is 10.7. The van der Waals surface area contributed by atoms with Crippen LogP contribution in [0.3, 0.4) is 0 Å². The molecule has 3 aliphatic heterocycles. The summed E-state index contributed by atoms with van der Waals surface area (Å²) in [6, 6.07) is 0. The highest BCUT2D eigenvalue weighted by atomic mass is 16.8. The third kappa shape index (κ3) is 10.5. The van der Waals surface area contributed by atoms with E-state index in [1.54, 1.807) is 0 Å². The van der Waals surface area contributed by atoms with Crippen LogP contribution in [0, 0.1) is 0 Å². The van der Waals surface area contributed by atoms with Gasteiger partial charge in [-0.2, -0.15) is 0 Å². The second kappa shape index (κ2) is 15.0. The molecule has 1 N–H and O–H groups in total. The first-order valence-electron chi connectivity index (χ1n) is 13.7. The zero-order chi connectivity index (χ0) is 29.2. The van der Waals surface area contributed by atoms with Crippen LogP contribution >= 0.6 is 0 Å². The van der Waals surface area contributed by atoms with Gasteiger partial charge in [0.1, 0.15) is 32.0 Å². The van der Waals surface area contributed by atoms with E-state index in [-0.39, 0.29) is 52.9 Å². The van der Waals surface area contributed by atoms with Crippen molar-refractivity contribution < 1.29 is 66.9 Å². The van der Waals surface area contributed by atoms with Crippen molar-refractivity contribution >= 4 is 18.5 Å². The standard InChI is InChI=1S/C26H42O14/c1-5-25(3,37-16-21-14-35-24(30)40-21)7-17(27)9-31-10-19(32-12-20-13-34-23(29)39-20)15-36-26(4,6-2)8-18-11-33-22(28)38-18/h17-21,27H,5-16H2,1-4H3. The van der Waals surface area contributed by atoms with Crippen LogP contribution in [0.2, 0.25) is 0 Å². The topological polar surface area (TPSA) is 164 Å². The molecule has 40 heavy (non-hydrogen) atoms. The number of cyclic esters (lactones) is 6. The molecule has 3 aliphatic rings. The summed E-state index contributed by atoms with van der Waals surface area (Å²) in [7, 11) is 0. The maximum atomic E-state index is 11.3. The SMILES string of the molecule is CCC(C)(CC(O)COCC(COC(C)(CC)CC1COC(=O)O1)OCC1COC(=O)O1)OCC1COC(=O)O1. The molecule has 0 aromatic rings. The molecule has 7 atom stereocenters. The Labute approximate surface area is 233 Å². The first kappa shape index (κ1) is 32.1. The second-order valence-electron chi connectivity index (χ2n) is 10.7. The van der Waals surface area contributed by atoms with E-state index in [4.69, 9.17) is 47.4 Å². The summed E-state index contributed by atoms with van der Waals surface area (Å²) in [6.45, 7) is 8.59. The Morgan fingerprint density at radius 1 is 0.775 bits per heavy atom. The van der Waals surface area contributed by atoms with E-state index in [0.717, 1.165) is 0 Å². The van der Waals surface area contributed by atoms with E-state index >= 15 is 0 Å². The summed E-state index contributed by atoms with van der Waals surface area (Å²) >= 11 is 0. The molecule has 7 unspecified atom stereocenters. The van der Waals surface area contributed by atoms with Gasteiger partial charge in [-0.3, -0.25) is 0 Å². The fourth-order valence-corrected chi connectivity index (χ4v) is 4.32. The lowest BCUT2D eigenvalue weighted by molar-refractivity contribution is -0.134. The van der Waals surface area contributed by atoms with E-state index in [1.807, 2.05) is 27.7 Å². The molecule has 3 heterocycles. The lowest BCUT2D eigenvalue weighted by atomic mass is 9.95. The van der Waals surface area contributed by atoms with Gasteiger partial charge in [0.25, 0.3) is 0 Å². The van der Waals surface area contributed by atoms with E-state index in [2.05, 4.69) is 0 Å². The highest BCUT2D eigenvalue weighted by Crippen LogP contribution is 2.27. The summed E-state index contributed by atoms with van der Waals surface area (Å²) in [6.07, 6.45) is -2.96. The molecular weight excluding hydrogens is 536 g/mol. The number of hydrogen-bond acceptors (Lipinski definition) is 14. The van der Waals surface area contributed by atoms with Gasteiger partial charge >= 0.3 is 18.5 Å². The first-order valence-corrected chi connectivity index (χ1v) is 13.7. The molecule has 3 fully saturated rings. The predicted molar refractivity (Wildman–Crippen MR) is 134 cm³/mol. The zero-order valence-electron chi connectivity index (χ0n) is 23.6. The molecule has 0 radical (unpaired) electrons. The third-order valence-electron chi connectivity index (χ3n) is 7.14. The Morgan fingerprint density at radius 2 is 1.32 bits per heavy atom. The van der Waals surface area contributed by atoms with Crippen molar-refractivity contribution in [1.82, 2.24) is 0 Å². The lowest BCUT2D eigenvalue weighted by Crippen LogP contribution is -2.40. The fraction of sp³-hybridized carbons (Fsp3) is 0.885. The molecule has 3 saturated heterocycles. The van der Waals surface area contributed by atoms with Gasteiger partial charge in [-0.05, 0) is 26.7 Å². The maximum absolute atomic E-state index is 11.3. The quantitative estimate of drug-likeness (QED) is 0.176. The van der Waals surface area contributed by atoms with Gasteiger partial charge in [0, 0.05) is 12.8 Å². The fourth-order valence-electron chi connectivity index (χ4n) is 4.32. The summed E-state index contributed by atoms with van der Waals surface area (Å²) in [4.78, 5) is 33.7. The largest absolute Gasteiger partial charge is 0.508 e. The van der Waals surface area contributed by atoms with E-state index in [1.165, 1.54) is 0 Å². The monoisotopic (exact) mass is 578 g/mol. The molecule has 0 amide bonds. The molecule has 0 bridgehead atoms. The van der Waals surface area contributed by atoms with Crippen LogP contribution in [0.25, 0.3) is 0 Å². The van der Waals surface area contributed by atoms with Crippen LogP contribution in [0.1, 0.15) is 53.4 Å². The highest BCUT2D eigenvalue weighted by molar-refractivity contribution is 5.62. The number of carbonyl (C=O) groups excluding carboxylic acids is 3. The van der Waals surface area contributed by atoms with Gasteiger partial charge in [-0.25, -0.2) is 14.4 Å². The molecule has 0 spiro atoms. The van der Waals surface area contributed by atoms with E-state index in [0.29, 0.717) is 25.7 Å². The predicted octanol–water partition coefficient (Wildman–Crippen LogP) is 2.51. The van der Waals surface area contributed by atoms with Crippen LogP contribution in [0.4, 0.5) is 14.4 Å². The van der Waals surface area contributed by atoms with Crippen molar-refractivity contribution in [3.05, 3.63) is 0 Å². The first-order chi connectivity index (χ1) is 19.0. The van der Waals surface area contributed by atoms with Crippen LogP contribution in [-0.2, 0) is 47.4 Å². The Kier molecular flexibility index (Phi) is 12.1. The molecule has 14 nitrogen and oxygen atoms in total. The minimum Gasteiger partial charge on any atom is -0.430 e. The van der Waals surface area contributed by atoms with Gasteiger partial charge in [-0.1, -0.05) is 13.8 Å². The third-order valence-corrected chi connectivity index (χ3v) is 7.14. The number of hydrogen-bond donors (Lipinski definition) is 1. The van der Waals surface area contributed by atoms with E-state index in [9.17, 15) is 19.5 Å².